The second kappa shape index (κ2) is 5.54. The van der Waals surface area contributed by atoms with Crippen LogP contribution >= 0.6 is 0 Å². The number of sulfonamides is 1. The molecule has 0 radical (unpaired) electrons. The maximum atomic E-state index is 12.0. The maximum Gasteiger partial charge on any atom is 0.264 e. The van der Waals surface area contributed by atoms with Crippen LogP contribution in [0.3, 0.4) is 0 Å². The van der Waals surface area contributed by atoms with Crippen molar-refractivity contribution in [3.8, 4) is 6.07 Å². The first kappa shape index (κ1) is 13.8. The molecular formula is C12H11N5O2S. The van der Waals surface area contributed by atoms with Gasteiger partial charge in [-0.25, -0.2) is 18.4 Å². The van der Waals surface area contributed by atoms with E-state index < -0.39 is 10.0 Å². The average Bonchev–Trinajstić information content (AvgIpc) is 2.41. The summed E-state index contributed by atoms with van der Waals surface area (Å²) >= 11 is 0. The van der Waals surface area contributed by atoms with E-state index in [0.29, 0.717) is 5.69 Å². The zero-order valence-corrected chi connectivity index (χ0v) is 11.1. The van der Waals surface area contributed by atoms with Crippen LogP contribution in [0, 0.1) is 11.3 Å². The molecule has 0 aliphatic rings. The van der Waals surface area contributed by atoms with Crippen LogP contribution in [0.15, 0.2) is 41.6 Å². The second-order valence-electron chi connectivity index (χ2n) is 3.91. The van der Waals surface area contributed by atoms with Gasteiger partial charge in [0, 0.05) is 5.69 Å². The van der Waals surface area contributed by atoms with Crippen molar-refractivity contribution < 1.29 is 8.42 Å². The number of hydrogen-bond donors (Lipinski definition) is 2. The monoisotopic (exact) mass is 289 g/mol. The normalized spacial score (nSPS) is 10.8. The smallest absolute Gasteiger partial charge is 0.264 e. The number of anilines is 2. The Morgan fingerprint density at radius 3 is 2.35 bits per heavy atom. The van der Waals surface area contributed by atoms with Crippen molar-refractivity contribution in [2.45, 2.75) is 11.3 Å². The van der Waals surface area contributed by atoms with Gasteiger partial charge in [-0.1, -0.05) is 12.1 Å². The van der Waals surface area contributed by atoms with Gasteiger partial charge in [-0.3, -0.25) is 4.72 Å². The molecule has 0 bridgehead atoms. The summed E-state index contributed by atoms with van der Waals surface area (Å²) in [5, 5.41) is 8.56. The number of hydrogen-bond acceptors (Lipinski definition) is 6. The molecule has 2 aromatic rings. The van der Waals surface area contributed by atoms with Crippen molar-refractivity contribution in [2.75, 3.05) is 10.5 Å². The molecule has 0 atom stereocenters. The molecule has 1 aromatic heterocycles. The number of nitrogens with zero attached hydrogens (tertiary/aromatic N) is 3. The topological polar surface area (TPSA) is 122 Å². The Morgan fingerprint density at radius 1 is 1.20 bits per heavy atom. The van der Waals surface area contributed by atoms with Gasteiger partial charge in [0.05, 0.1) is 24.9 Å². The molecule has 0 aliphatic carbocycles. The van der Waals surface area contributed by atoms with Crippen molar-refractivity contribution >= 4 is 21.7 Å². The summed E-state index contributed by atoms with van der Waals surface area (Å²) in [4.78, 5) is 7.20. The van der Waals surface area contributed by atoms with E-state index in [4.69, 9.17) is 11.0 Å². The minimum absolute atomic E-state index is 0.00445. The molecular weight excluding hydrogens is 278 g/mol. The van der Waals surface area contributed by atoms with Crippen molar-refractivity contribution in [2.24, 2.45) is 0 Å². The van der Waals surface area contributed by atoms with E-state index >= 15 is 0 Å². The van der Waals surface area contributed by atoms with Gasteiger partial charge < -0.3 is 5.73 Å². The lowest BCUT2D eigenvalue weighted by atomic mass is 10.1. The van der Waals surface area contributed by atoms with Crippen LogP contribution in [0.1, 0.15) is 5.56 Å². The van der Waals surface area contributed by atoms with Crippen LogP contribution in [-0.4, -0.2) is 18.4 Å². The second-order valence-corrected chi connectivity index (χ2v) is 5.60. The number of benzene rings is 1. The van der Waals surface area contributed by atoms with Crippen molar-refractivity contribution in [1.29, 1.82) is 5.26 Å². The summed E-state index contributed by atoms with van der Waals surface area (Å²) in [5.74, 6) is 0.00445. The number of nitrogen functional groups attached to an aromatic ring is 1. The predicted octanol–water partition coefficient (Wildman–Crippen LogP) is 0.926. The quantitative estimate of drug-likeness (QED) is 0.863. The summed E-state index contributed by atoms with van der Waals surface area (Å²) in [5.41, 5.74) is 6.51. The summed E-state index contributed by atoms with van der Waals surface area (Å²) in [6, 6.07) is 8.55. The fraction of sp³-hybridized carbons (Fsp3) is 0.0833. The highest BCUT2D eigenvalue weighted by atomic mass is 32.2. The molecule has 0 spiro atoms. The SMILES string of the molecule is N#CCc1ccc(NS(=O)(=O)c2cnc(N)nc2)cc1. The lowest BCUT2D eigenvalue weighted by Gasteiger charge is -2.07. The van der Waals surface area contributed by atoms with Gasteiger partial charge in [-0.2, -0.15) is 5.26 Å². The van der Waals surface area contributed by atoms with Crippen LogP contribution < -0.4 is 10.5 Å². The van der Waals surface area contributed by atoms with E-state index in [-0.39, 0.29) is 17.3 Å². The molecule has 20 heavy (non-hydrogen) atoms. The van der Waals surface area contributed by atoms with Crippen molar-refractivity contribution in [3.63, 3.8) is 0 Å². The highest BCUT2D eigenvalue weighted by molar-refractivity contribution is 7.92. The fourth-order valence-corrected chi connectivity index (χ4v) is 2.41. The van der Waals surface area contributed by atoms with E-state index in [2.05, 4.69) is 14.7 Å². The lowest BCUT2D eigenvalue weighted by Crippen LogP contribution is -2.14. The molecule has 1 aromatic carbocycles. The molecule has 1 heterocycles. The third-order valence-corrected chi connectivity index (χ3v) is 3.78. The molecule has 3 N–H and O–H groups in total. The van der Waals surface area contributed by atoms with Crippen LogP contribution in [-0.2, 0) is 16.4 Å². The van der Waals surface area contributed by atoms with Crippen molar-refractivity contribution in [3.05, 3.63) is 42.2 Å². The molecule has 8 heteroatoms. The molecule has 102 valence electrons. The summed E-state index contributed by atoms with van der Waals surface area (Å²) in [7, 11) is -3.75. The molecule has 0 unspecified atom stereocenters. The zero-order chi connectivity index (χ0) is 14.6. The number of nitrogens with one attached hydrogen (secondary N) is 1. The minimum atomic E-state index is -3.75. The summed E-state index contributed by atoms with van der Waals surface area (Å²) in [6.07, 6.45) is 2.54. The van der Waals surface area contributed by atoms with Crippen LogP contribution in [0.4, 0.5) is 11.6 Å². The Kier molecular flexibility index (Phi) is 3.81. The van der Waals surface area contributed by atoms with Gasteiger partial charge in [0.1, 0.15) is 4.90 Å². The Hall–Kier alpha value is -2.66. The number of nitriles is 1. The first-order valence-electron chi connectivity index (χ1n) is 5.57. The number of nitrogens with two attached hydrogens (primary N) is 1. The van der Waals surface area contributed by atoms with E-state index in [1.807, 2.05) is 6.07 Å². The van der Waals surface area contributed by atoms with Gasteiger partial charge in [0.15, 0.2) is 0 Å². The average molecular weight is 289 g/mol. The van der Waals surface area contributed by atoms with E-state index in [0.717, 1.165) is 18.0 Å². The third-order valence-electron chi connectivity index (χ3n) is 2.45. The summed E-state index contributed by atoms with van der Waals surface area (Å²) in [6.45, 7) is 0. The largest absolute Gasteiger partial charge is 0.368 e. The zero-order valence-electron chi connectivity index (χ0n) is 10.3. The first-order valence-corrected chi connectivity index (χ1v) is 7.06. The minimum Gasteiger partial charge on any atom is -0.368 e. The van der Waals surface area contributed by atoms with Crippen molar-refractivity contribution in [1.82, 2.24) is 9.97 Å². The number of rotatable bonds is 4. The molecule has 0 amide bonds. The maximum absolute atomic E-state index is 12.0. The van der Waals surface area contributed by atoms with E-state index in [9.17, 15) is 8.42 Å². The Morgan fingerprint density at radius 2 is 1.80 bits per heavy atom. The highest BCUT2D eigenvalue weighted by Gasteiger charge is 2.15. The van der Waals surface area contributed by atoms with Crippen LogP contribution in [0.25, 0.3) is 0 Å². The van der Waals surface area contributed by atoms with E-state index in [1.165, 1.54) is 0 Å². The standard InChI is InChI=1S/C12H11N5O2S/c13-6-5-9-1-3-10(4-2-9)17-20(18,19)11-7-15-12(14)16-8-11/h1-4,7-8,17H,5H2,(H2,14,15,16). The van der Waals surface area contributed by atoms with Gasteiger partial charge >= 0.3 is 0 Å². The number of aromatic nitrogens is 2. The van der Waals surface area contributed by atoms with Gasteiger partial charge in [0.25, 0.3) is 10.0 Å². The molecule has 7 nitrogen and oxygen atoms in total. The third kappa shape index (κ3) is 3.21. The molecule has 0 aliphatic heterocycles. The first-order chi connectivity index (χ1) is 9.51. The molecule has 2 rings (SSSR count). The Balaban J connectivity index is 2.20. The van der Waals surface area contributed by atoms with Gasteiger partial charge in [-0.05, 0) is 17.7 Å². The predicted molar refractivity (Wildman–Crippen MR) is 73.0 cm³/mol. The van der Waals surface area contributed by atoms with Crippen LogP contribution in [0.5, 0.6) is 0 Å². The Labute approximate surface area is 116 Å². The van der Waals surface area contributed by atoms with Gasteiger partial charge in [-0.15, -0.1) is 0 Å². The molecule has 0 saturated heterocycles. The lowest BCUT2D eigenvalue weighted by molar-refractivity contribution is 0.600. The van der Waals surface area contributed by atoms with Gasteiger partial charge in [0.2, 0.25) is 5.95 Å². The highest BCUT2D eigenvalue weighted by Crippen LogP contribution is 2.16. The Bertz CT molecular complexity index is 733. The fourth-order valence-electron chi connectivity index (χ4n) is 1.46. The summed E-state index contributed by atoms with van der Waals surface area (Å²) < 4.78 is 26.5. The molecule has 0 saturated carbocycles. The van der Waals surface area contributed by atoms with Crippen LogP contribution in [0.2, 0.25) is 0 Å². The van der Waals surface area contributed by atoms with E-state index in [1.54, 1.807) is 24.3 Å². The molecule has 0 fully saturated rings.